The van der Waals surface area contributed by atoms with Crippen LogP contribution in [-0.2, 0) is 22.6 Å². The first-order chi connectivity index (χ1) is 12.8. The minimum Gasteiger partial charge on any atom is -0.381 e. The molecule has 2 aliphatic rings. The number of nitrogens with zero attached hydrogens (tertiary/aromatic N) is 3. The molecule has 142 valence electrons. The number of fused-ring (bicyclic) bond motifs is 1. The van der Waals surface area contributed by atoms with Crippen molar-refractivity contribution in [2.75, 3.05) is 33.0 Å². The molecule has 0 N–H and O–H groups in total. The van der Waals surface area contributed by atoms with Crippen molar-refractivity contribution in [1.82, 2.24) is 14.6 Å². The normalized spacial score (nSPS) is 21.8. The molecule has 2 aliphatic heterocycles. The van der Waals surface area contributed by atoms with E-state index in [-0.39, 0.29) is 0 Å². The summed E-state index contributed by atoms with van der Waals surface area (Å²) in [5.74, 6) is 1.54. The lowest BCUT2D eigenvalue weighted by Gasteiger charge is -2.34. The van der Waals surface area contributed by atoms with Crippen LogP contribution in [0.25, 0.3) is 0 Å². The minimum absolute atomic E-state index is 0.455. The molecule has 26 heavy (non-hydrogen) atoms. The van der Waals surface area contributed by atoms with Gasteiger partial charge in [-0.25, -0.2) is 0 Å². The van der Waals surface area contributed by atoms with Crippen molar-refractivity contribution in [3.8, 4) is 0 Å². The molecular weight excluding hydrogens is 330 g/mol. The Balaban J connectivity index is 1.29. The van der Waals surface area contributed by atoms with Crippen LogP contribution in [0.4, 0.5) is 0 Å². The maximum Gasteiger partial charge on any atom is 0.133 e. The third-order valence-corrected chi connectivity index (χ3v) is 5.47. The van der Waals surface area contributed by atoms with E-state index < -0.39 is 0 Å². The van der Waals surface area contributed by atoms with Crippen LogP contribution in [0, 0.1) is 12.8 Å². The molecule has 0 radical (unpaired) electrons. The second-order valence-electron chi connectivity index (χ2n) is 7.58. The average Bonchev–Trinajstić information content (AvgIpc) is 3.28. The summed E-state index contributed by atoms with van der Waals surface area (Å²) in [4.78, 5) is 2.45. The van der Waals surface area contributed by atoms with E-state index in [1.165, 1.54) is 5.69 Å². The highest BCUT2D eigenvalue weighted by Gasteiger charge is 2.25. The molecule has 6 heteroatoms. The standard InChI is InChI=1S/C20H29N3O3/c1-16-11-18(21-26-16)12-22-13-19-3-2-7-23(19)20(14-22)6-10-25-15-17-4-8-24-9-5-17/h2-3,7,11,17,20H,4-6,8-10,12-15H2,1H3/t20-/m1/s1. The number of rotatable bonds is 7. The number of ether oxygens (including phenoxy) is 2. The van der Waals surface area contributed by atoms with Gasteiger partial charge in [0.05, 0.1) is 5.69 Å². The van der Waals surface area contributed by atoms with Crippen LogP contribution in [-0.4, -0.2) is 47.6 Å². The van der Waals surface area contributed by atoms with Gasteiger partial charge < -0.3 is 18.6 Å². The predicted octanol–water partition coefficient (Wildman–Crippen LogP) is 3.17. The highest BCUT2D eigenvalue weighted by molar-refractivity contribution is 5.12. The fourth-order valence-corrected chi connectivity index (χ4v) is 4.05. The van der Waals surface area contributed by atoms with Crippen LogP contribution < -0.4 is 0 Å². The number of aromatic nitrogens is 2. The summed E-state index contributed by atoms with van der Waals surface area (Å²) in [7, 11) is 0. The zero-order valence-corrected chi connectivity index (χ0v) is 15.6. The van der Waals surface area contributed by atoms with Crippen LogP contribution in [0.1, 0.15) is 42.5 Å². The third kappa shape index (κ3) is 4.37. The number of aryl methyl sites for hydroxylation is 1. The summed E-state index contributed by atoms with van der Waals surface area (Å²) in [6, 6.07) is 6.85. The van der Waals surface area contributed by atoms with Gasteiger partial charge in [-0.15, -0.1) is 0 Å². The Morgan fingerprint density at radius 3 is 3.00 bits per heavy atom. The van der Waals surface area contributed by atoms with E-state index in [9.17, 15) is 0 Å². The van der Waals surface area contributed by atoms with Crippen LogP contribution in [0.3, 0.4) is 0 Å². The largest absolute Gasteiger partial charge is 0.381 e. The van der Waals surface area contributed by atoms with Gasteiger partial charge >= 0.3 is 0 Å². The van der Waals surface area contributed by atoms with Crippen molar-refractivity contribution in [2.45, 2.75) is 45.3 Å². The maximum atomic E-state index is 6.01. The van der Waals surface area contributed by atoms with E-state index in [2.05, 4.69) is 33.0 Å². The second kappa shape index (κ2) is 8.37. The number of hydrogen-bond donors (Lipinski definition) is 0. The summed E-state index contributed by atoms with van der Waals surface area (Å²) < 4.78 is 19.1. The molecule has 1 saturated heterocycles. The van der Waals surface area contributed by atoms with Gasteiger partial charge in [0.25, 0.3) is 0 Å². The molecule has 0 aliphatic carbocycles. The van der Waals surface area contributed by atoms with E-state index in [1.54, 1.807) is 0 Å². The second-order valence-corrected chi connectivity index (χ2v) is 7.58. The fraction of sp³-hybridized carbons (Fsp3) is 0.650. The summed E-state index contributed by atoms with van der Waals surface area (Å²) in [6.07, 6.45) is 5.52. The summed E-state index contributed by atoms with van der Waals surface area (Å²) >= 11 is 0. The molecule has 6 nitrogen and oxygen atoms in total. The molecule has 0 amide bonds. The first-order valence-corrected chi connectivity index (χ1v) is 9.73. The lowest BCUT2D eigenvalue weighted by molar-refractivity contribution is 0.0160. The van der Waals surface area contributed by atoms with Gasteiger partial charge in [-0.2, -0.15) is 0 Å². The van der Waals surface area contributed by atoms with E-state index in [1.807, 2.05) is 13.0 Å². The molecule has 0 aromatic carbocycles. The molecular formula is C20H29N3O3. The van der Waals surface area contributed by atoms with Crippen molar-refractivity contribution in [3.05, 3.63) is 41.5 Å². The van der Waals surface area contributed by atoms with Crippen LogP contribution in [0.15, 0.2) is 28.9 Å². The first kappa shape index (κ1) is 17.8. The SMILES string of the molecule is Cc1cc(CN2Cc3cccn3[C@H](CCOCC3CCOCC3)C2)no1. The molecule has 0 saturated carbocycles. The van der Waals surface area contributed by atoms with E-state index >= 15 is 0 Å². The van der Waals surface area contributed by atoms with E-state index in [0.29, 0.717) is 12.0 Å². The van der Waals surface area contributed by atoms with E-state index in [4.69, 9.17) is 14.0 Å². The highest BCUT2D eigenvalue weighted by Crippen LogP contribution is 2.26. The van der Waals surface area contributed by atoms with Gasteiger partial charge in [-0.1, -0.05) is 5.16 Å². The molecule has 4 heterocycles. The average molecular weight is 359 g/mol. The van der Waals surface area contributed by atoms with Gasteiger partial charge in [-0.05, 0) is 44.2 Å². The summed E-state index contributed by atoms with van der Waals surface area (Å²) in [5, 5.41) is 4.15. The van der Waals surface area contributed by atoms with Gasteiger partial charge in [0.15, 0.2) is 0 Å². The third-order valence-electron chi connectivity index (χ3n) is 5.47. The van der Waals surface area contributed by atoms with Gasteiger partial charge in [-0.3, -0.25) is 4.90 Å². The van der Waals surface area contributed by atoms with E-state index in [0.717, 1.165) is 76.8 Å². The maximum absolute atomic E-state index is 6.01. The molecule has 0 bridgehead atoms. The van der Waals surface area contributed by atoms with Gasteiger partial charge in [0.2, 0.25) is 0 Å². The highest BCUT2D eigenvalue weighted by atomic mass is 16.5. The summed E-state index contributed by atoms with van der Waals surface area (Å²) in [5.41, 5.74) is 2.38. The Bertz CT molecular complexity index is 690. The Morgan fingerprint density at radius 1 is 1.31 bits per heavy atom. The Kier molecular flexibility index (Phi) is 5.72. The molecule has 1 atom stereocenters. The van der Waals surface area contributed by atoms with Crippen molar-refractivity contribution >= 4 is 0 Å². The smallest absolute Gasteiger partial charge is 0.133 e. The Labute approximate surface area is 155 Å². The first-order valence-electron chi connectivity index (χ1n) is 9.73. The topological polar surface area (TPSA) is 52.7 Å². The lowest BCUT2D eigenvalue weighted by Crippen LogP contribution is -2.37. The fourth-order valence-electron chi connectivity index (χ4n) is 4.05. The quantitative estimate of drug-likeness (QED) is 0.711. The zero-order chi connectivity index (χ0) is 17.8. The minimum atomic E-state index is 0.455. The molecule has 1 fully saturated rings. The van der Waals surface area contributed by atoms with Crippen LogP contribution in [0.5, 0.6) is 0 Å². The monoisotopic (exact) mass is 359 g/mol. The van der Waals surface area contributed by atoms with Crippen LogP contribution >= 0.6 is 0 Å². The predicted molar refractivity (Wildman–Crippen MR) is 97.8 cm³/mol. The number of hydrogen-bond acceptors (Lipinski definition) is 5. The van der Waals surface area contributed by atoms with Crippen LogP contribution in [0.2, 0.25) is 0 Å². The van der Waals surface area contributed by atoms with Crippen molar-refractivity contribution in [3.63, 3.8) is 0 Å². The van der Waals surface area contributed by atoms with Crippen molar-refractivity contribution in [1.29, 1.82) is 0 Å². The zero-order valence-electron chi connectivity index (χ0n) is 15.6. The Morgan fingerprint density at radius 2 is 2.19 bits per heavy atom. The lowest BCUT2D eigenvalue weighted by atomic mass is 10.0. The van der Waals surface area contributed by atoms with Crippen molar-refractivity contribution in [2.24, 2.45) is 5.92 Å². The molecule has 0 unspecified atom stereocenters. The van der Waals surface area contributed by atoms with Crippen molar-refractivity contribution < 1.29 is 14.0 Å². The Hall–Kier alpha value is -1.63. The van der Waals surface area contributed by atoms with Gasteiger partial charge in [0, 0.05) is 70.1 Å². The molecule has 4 rings (SSSR count). The summed E-state index contributed by atoms with van der Waals surface area (Å²) in [6.45, 7) is 8.22. The van der Waals surface area contributed by atoms with Gasteiger partial charge in [0.1, 0.15) is 5.76 Å². The molecule has 2 aromatic heterocycles. The molecule has 0 spiro atoms. The molecule has 2 aromatic rings.